The van der Waals surface area contributed by atoms with Gasteiger partial charge < -0.3 is 9.36 Å². The molecule has 0 amide bonds. The van der Waals surface area contributed by atoms with Gasteiger partial charge in [-0.1, -0.05) is 44.4 Å². The summed E-state index contributed by atoms with van der Waals surface area (Å²) in [6.07, 6.45) is 1.87. The lowest BCUT2D eigenvalue weighted by molar-refractivity contribution is 0.603. The van der Waals surface area contributed by atoms with E-state index in [-0.39, 0.29) is 5.41 Å². The van der Waals surface area contributed by atoms with Crippen LogP contribution in [0.5, 0.6) is 0 Å². The quantitative estimate of drug-likeness (QED) is 0.552. The molecule has 0 aliphatic carbocycles. The van der Waals surface area contributed by atoms with Gasteiger partial charge in [-0.05, 0) is 17.5 Å². The number of H-pyrrole nitrogens is 2. The number of hydrogen-bond acceptors (Lipinski definition) is 2. The highest BCUT2D eigenvalue weighted by atomic mass is 32.1. The first-order valence-corrected chi connectivity index (χ1v) is 7.13. The van der Waals surface area contributed by atoms with Crippen LogP contribution in [0.1, 0.15) is 25.6 Å². The highest BCUT2D eigenvalue weighted by molar-refractivity contribution is 7.06. The Morgan fingerprint density at radius 2 is 1.89 bits per heavy atom. The van der Waals surface area contributed by atoms with Gasteiger partial charge in [-0.2, -0.15) is 0 Å². The van der Waals surface area contributed by atoms with E-state index >= 15 is 0 Å². The van der Waals surface area contributed by atoms with E-state index in [0.29, 0.717) is 5.36 Å². The van der Waals surface area contributed by atoms with Crippen molar-refractivity contribution in [3.63, 3.8) is 0 Å². The maximum atomic E-state index is 8.35. The average molecular weight is 271 g/mol. The molecule has 1 aromatic carbocycles. The second-order valence-electron chi connectivity index (χ2n) is 5.78. The average Bonchev–Trinajstić information content (AvgIpc) is 2.56. The van der Waals surface area contributed by atoms with Crippen LogP contribution in [0, 0.1) is 5.41 Å². The lowest BCUT2D eigenvalue weighted by atomic mass is 9.94. The Morgan fingerprint density at radius 1 is 1.11 bits per heavy atom. The summed E-state index contributed by atoms with van der Waals surface area (Å²) in [5.41, 5.74) is 2.03. The Labute approximate surface area is 115 Å². The maximum absolute atomic E-state index is 8.35. The normalized spacial score (nSPS) is 12.2. The van der Waals surface area contributed by atoms with E-state index in [1.807, 2.05) is 24.4 Å². The summed E-state index contributed by atoms with van der Waals surface area (Å²) in [5, 5.41) is 11.0. The smallest absolute Gasteiger partial charge is 0.0875 e. The van der Waals surface area contributed by atoms with Gasteiger partial charge in [0.05, 0.1) is 16.4 Å². The van der Waals surface area contributed by atoms with E-state index in [1.165, 1.54) is 4.88 Å². The van der Waals surface area contributed by atoms with Crippen molar-refractivity contribution >= 4 is 33.3 Å². The molecule has 2 heterocycles. The SMILES string of the molecule is CC(C)(C)c1cc2c(=N)c3[nH]ccccc3c2[nH]s1. The fourth-order valence-corrected chi connectivity index (χ4v) is 3.13. The topological polar surface area (TPSA) is 55.4 Å². The molecule has 2 aromatic heterocycles. The van der Waals surface area contributed by atoms with Crippen LogP contribution >= 0.6 is 11.5 Å². The molecular formula is C15H17N3S. The van der Waals surface area contributed by atoms with E-state index in [2.05, 4.69) is 36.2 Å². The molecule has 98 valence electrons. The molecule has 3 nitrogen and oxygen atoms in total. The largest absolute Gasteiger partial charge is 0.359 e. The molecule has 3 N–H and O–H groups in total. The van der Waals surface area contributed by atoms with E-state index in [9.17, 15) is 0 Å². The van der Waals surface area contributed by atoms with Crippen molar-refractivity contribution in [2.45, 2.75) is 26.2 Å². The molecule has 0 fully saturated rings. The zero-order valence-electron chi connectivity index (χ0n) is 11.3. The summed E-state index contributed by atoms with van der Waals surface area (Å²) in [5.74, 6) is 0. The van der Waals surface area contributed by atoms with Crippen LogP contribution < -0.4 is 5.36 Å². The Kier molecular flexibility index (Phi) is 2.64. The summed E-state index contributed by atoms with van der Waals surface area (Å²) in [4.78, 5) is 4.45. The molecule has 0 radical (unpaired) electrons. The Balaban J connectivity index is 2.48. The van der Waals surface area contributed by atoms with Crippen LogP contribution in [0.25, 0.3) is 21.8 Å². The molecule has 0 saturated heterocycles. The zero-order valence-corrected chi connectivity index (χ0v) is 12.1. The minimum atomic E-state index is 0.0969. The molecule has 19 heavy (non-hydrogen) atoms. The molecule has 0 aliphatic heterocycles. The number of aromatic nitrogens is 2. The number of rotatable bonds is 0. The van der Waals surface area contributed by atoms with Crippen LogP contribution in [-0.4, -0.2) is 9.36 Å². The number of hydrogen-bond donors (Lipinski definition) is 3. The van der Waals surface area contributed by atoms with Gasteiger partial charge in [0, 0.05) is 21.8 Å². The Bertz CT molecular complexity index is 828. The zero-order chi connectivity index (χ0) is 13.6. The van der Waals surface area contributed by atoms with Gasteiger partial charge in [0.15, 0.2) is 0 Å². The molecule has 3 aromatic rings. The van der Waals surface area contributed by atoms with Crippen molar-refractivity contribution in [3.8, 4) is 0 Å². The third-order valence-corrected chi connectivity index (χ3v) is 4.56. The molecule has 0 atom stereocenters. The van der Waals surface area contributed by atoms with Crippen molar-refractivity contribution in [2.24, 2.45) is 0 Å². The molecule has 4 heteroatoms. The summed E-state index contributed by atoms with van der Waals surface area (Å²) in [7, 11) is 0. The summed E-state index contributed by atoms with van der Waals surface area (Å²) >= 11 is 1.65. The number of nitrogens with one attached hydrogen (secondary N) is 3. The molecule has 0 unspecified atom stereocenters. The van der Waals surface area contributed by atoms with Crippen molar-refractivity contribution < 1.29 is 0 Å². The van der Waals surface area contributed by atoms with Crippen LogP contribution in [0.15, 0.2) is 30.5 Å². The predicted octanol–water partition coefficient (Wildman–Crippen LogP) is 4.05. The summed E-state index contributed by atoms with van der Waals surface area (Å²) in [6.45, 7) is 6.57. The van der Waals surface area contributed by atoms with E-state index < -0.39 is 0 Å². The highest BCUT2D eigenvalue weighted by Crippen LogP contribution is 2.29. The fourth-order valence-electron chi connectivity index (χ4n) is 2.21. The van der Waals surface area contributed by atoms with Gasteiger partial charge in [0.25, 0.3) is 0 Å². The van der Waals surface area contributed by atoms with E-state index in [0.717, 1.165) is 21.8 Å². The molecule has 0 saturated carbocycles. The first-order chi connectivity index (χ1) is 8.98. The van der Waals surface area contributed by atoms with Gasteiger partial charge in [-0.15, -0.1) is 0 Å². The van der Waals surface area contributed by atoms with Crippen molar-refractivity contribution in [1.82, 2.24) is 9.36 Å². The summed E-state index contributed by atoms with van der Waals surface area (Å²) < 4.78 is 3.41. The minimum absolute atomic E-state index is 0.0969. The monoisotopic (exact) mass is 271 g/mol. The van der Waals surface area contributed by atoms with Gasteiger partial charge >= 0.3 is 0 Å². The van der Waals surface area contributed by atoms with Gasteiger partial charge in [0.1, 0.15) is 0 Å². The van der Waals surface area contributed by atoms with Gasteiger partial charge in [-0.3, -0.25) is 5.41 Å². The second kappa shape index (κ2) is 4.10. The molecule has 0 spiro atoms. The Morgan fingerprint density at radius 3 is 2.63 bits per heavy atom. The second-order valence-corrected chi connectivity index (χ2v) is 6.63. The van der Waals surface area contributed by atoms with E-state index in [4.69, 9.17) is 5.41 Å². The molecular weight excluding hydrogens is 254 g/mol. The van der Waals surface area contributed by atoms with Crippen LogP contribution in [-0.2, 0) is 5.41 Å². The molecule has 3 rings (SSSR count). The first kappa shape index (κ1) is 12.2. The third kappa shape index (κ3) is 1.92. The third-order valence-electron chi connectivity index (χ3n) is 3.30. The minimum Gasteiger partial charge on any atom is -0.359 e. The lowest BCUT2D eigenvalue weighted by Crippen LogP contribution is -2.10. The maximum Gasteiger partial charge on any atom is 0.0875 e. The molecule has 0 aliphatic rings. The van der Waals surface area contributed by atoms with Gasteiger partial charge in [0.2, 0.25) is 0 Å². The van der Waals surface area contributed by atoms with Gasteiger partial charge in [-0.25, -0.2) is 0 Å². The highest BCUT2D eigenvalue weighted by Gasteiger charge is 2.17. The molecule has 0 bridgehead atoms. The lowest BCUT2D eigenvalue weighted by Gasteiger charge is -2.17. The first-order valence-electron chi connectivity index (χ1n) is 6.31. The number of fused-ring (bicyclic) bond motifs is 3. The van der Waals surface area contributed by atoms with Crippen molar-refractivity contribution in [2.75, 3.05) is 0 Å². The summed E-state index contributed by atoms with van der Waals surface area (Å²) in [6, 6.07) is 8.13. The van der Waals surface area contributed by atoms with E-state index in [1.54, 1.807) is 11.5 Å². The van der Waals surface area contributed by atoms with Crippen molar-refractivity contribution in [1.29, 1.82) is 5.41 Å². The standard InChI is InChI=1S/C15H17N3S/c1-15(2,3)11-8-10-12(16)14-9(13(10)18-19-11)6-4-5-7-17-14/h4-8,16-18H,1-3H3. The predicted molar refractivity (Wildman–Crippen MR) is 81.4 cm³/mol. The Hall–Kier alpha value is -1.81. The van der Waals surface area contributed by atoms with Crippen LogP contribution in [0.2, 0.25) is 0 Å². The fraction of sp³-hybridized carbons (Fsp3) is 0.267. The van der Waals surface area contributed by atoms with Crippen LogP contribution in [0.3, 0.4) is 0 Å². The number of aromatic amines is 2. The van der Waals surface area contributed by atoms with Crippen LogP contribution in [0.4, 0.5) is 0 Å². The van der Waals surface area contributed by atoms with Crippen molar-refractivity contribution in [3.05, 3.63) is 40.7 Å².